The molecule has 2 heterocycles. The highest BCUT2D eigenvalue weighted by Crippen LogP contribution is 2.30. The zero-order valence-electron chi connectivity index (χ0n) is 11.5. The minimum atomic E-state index is 0.513. The van der Waals surface area contributed by atoms with Crippen LogP contribution in [0.2, 0.25) is 0 Å². The molecule has 1 aliphatic heterocycles. The van der Waals surface area contributed by atoms with Gasteiger partial charge in [-0.2, -0.15) is 0 Å². The van der Waals surface area contributed by atoms with Gasteiger partial charge >= 0.3 is 0 Å². The summed E-state index contributed by atoms with van der Waals surface area (Å²) in [4.78, 5) is 6.75. The predicted octanol–water partition coefficient (Wildman–Crippen LogP) is 2.51. The number of rotatable bonds is 3. The second kappa shape index (κ2) is 4.96. The molecule has 19 heavy (non-hydrogen) atoms. The maximum atomic E-state index is 4.28. The van der Waals surface area contributed by atoms with Crippen LogP contribution in [-0.2, 0) is 6.54 Å². The molecule has 0 saturated heterocycles. The third kappa shape index (κ3) is 2.30. The van der Waals surface area contributed by atoms with Crippen molar-refractivity contribution in [2.45, 2.75) is 26.4 Å². The molecule has 0 amide bonds. The molecule has 1 aromatic heterocycles. The average molecular weight is 256 g/mol. The molecule has 3 rings (SSSR count). The summed E-state index contributed by atoms with van der Waals surface area (Å²) in [5.74, 6) is 1.08. The van der Waals surface area contributed by atoms with Crippen molar-refractivity contribution in [1.82, 2.24) is 9.55 Å². The van der Waals surface area contributed by atoms with Gasteiger partial charge in [0.1, 0.15) is 5.82 Å². The van der Waals surface area contributed by atoms with E-state index in [0.717, 1.165) is 25.5 Å². The quantitative estimate of drug-likeness (QED) is 0.916. The number of nitrogens with one attached hydrogen (secondary N) is 1. The molecule has 100 valence electrons. The van der Waals surface area contributed by atoms with Crippen molar-refractivity contribution in [3.05, 3.63) is 42.5 Å². The number of para-hydroxylation sites is 2. The Morgan fingerprint density at radius 1 is 1.32 bits per heavy atom. The Balaban J connectivity index is 1.78. The number of fused-ring (bicyclic) bond motifs is 1. The van der Waals surface area contributed by atoms with Gasteiger partial charge in [-0.15, -0.1) is 0 Å². The van der Waals surface area contributed by atoms with E-state index in [4.69, 9.17) is 0 Å². The maximum absolute atomic E-state index is 4.28. The Kier molecular flexibility index (Phi) is 3.15. The monoisotopic (exact) mass is 256 g/mol. The van der Waals surface area contributed by atoms with Crippen molar-refractivity contribution in [1.29, 1.82) is 0 Å². The molecule has 2 aromatic rings. The summed E-state index contributed by atoms with van der Waals surface area (Å²) in [6, 6.07) is 9.04. The number of imidazole rings is 1. The van der Waals surface area contributed by atoms with E-state index in [2.05, 4.69) is 57.9 Å². The van der Waals surface area contributed by atoms with E-state index in [1.54, 1.807) is 0 Å². The molecule has 1 aliphatic rings. The molecule has 0 bridgehead atoms. The van der Waals surface area contributed by atoms with Gasteiger partial charge < -0.3 is 14.8 Å². The first-order valence-electron chi connectivity index (χ1n) is 6.83. The van der Waals surface area contributed by atoms with Gasteiger partial charge in [-0.25, -0.2) is 4.98 Å². The highest BCUT2D eigenvalue weighted by Gasteiger charge is 2.21. The standard InChI is InChI=1S/C15H20N4/c1-12-11-17-14-5-3-4-6-15(14)19(12)10-9-18-8-7-16-13(18)2/h3-8,12,17H,9-11H2,1-2H3. The number of aromatic nitrogens is 2. The molecule has 4 heteroatoms. The van der Waals surface area contributed by atoms with Crippen molar-refractivity contribution in [3.63, 3.8) is 0 Å². The lowest BCUT2D eigenvalue weighted by Gasteiger charge is -2.37. The highest BCUT2D eigenvalue weighted by molar-refractivity contribution is 5.72. The fourth-order valence-electron chi connectivity index (χ4n) is 2.68. The smallest absolute Gasteiger partial charge is 0.105 e. The normalized spacial score (nSPS) is 18.0. The van der Waals surface area contributed by atoms with Crippen molar-refractivity contribution in [3.8, 4) is 0 Å². The minimum absolute atomic E-state index is 0.513. The van der Waals surface area contributed by atoms with Gasteiger partial charge in [0.15, 0.2) is 0 Å². The number of aryl methyl sites for hydroxylation is 1. The summed E-state index contributed by atoms with van der Waals surface area (Å²) < 4.78 is 2.21. The molecule has 1 atom stereocenters. The van der Waals surface area contributed by atoms with Gasteiger partial charge in [0, 0.05) is 38.1 Å². The van der Waals surface area contributed by atoms with Crippen LogP contribution in [0.3, 0.4) is 0 Å². The van der Waals surface area contributed by atoms with Gasteiger partial charge in [0.25, 0.3) is 0 Å². The molecule has 0 saturated carbocycles. The summed E-state index contributed by atoms with van der Waals surface area (Å²) in [6.07, 6.45) is 3.92. The Morgan fingerprint density at radius 2 is 2.16 bits per heavy atom. The molecule has 0 aliphatic carbocycles. The summed E-state index contributed by atoms with van der Waals surface area (Å²) in [5.41, 5.74) is 2.54. The number of benzene rings is 1. The summed E-state index contributed by atoms with van der Waals surface area (Å²) >= 11 is 0. The molecule has 1 N–H and O–H groups in total. The Labute approximate surface area is 114 Å². The SMILES string of the molecule is Cc1nccn1CCN1c2ccccc2NCC1C. The average Bonchev–Trinajstić information content (AvgIpc) is 2.83. The molecule has 4 nitrogen and oxygen atoms in total. The van der Waals surface area contributed by atoms with E-state index < -0.39 is 0 Å². The van der Waals surface area contributed by atoms with E-state index in [0.29, 0.717) is 6.04 Å². The molecule has 0 radical (unpaired) electrons. The largest absolute Gasteiger partial charge is 0.381 e. The lowest BCUT2D eigenvalue weighted by molar-refractivity contribution is 0.581. The van der Waals surface area contributed by atoms with E-state index >= 15 is 0 Å². The molecule has 0 spiro atoms. The van der Waals surface area contributed by atoms with Gasteiger partial charge in [0.2, 0.25) is 0 Å². The summed E-state index contributed by atoms with van der Waals surface area (Å²) in [6.45, 7) is 7.31. The number of anilines is 2. The molecule has 1 unspecified atom stereocenters. The second-order valence-electron chi connectivity index (χ2n) is 5.11. The zero-order chi connectivity index (χ0) is 13.2. The Morgan fingerprint density at radius 3 is 2.95 bits per heavy atom. The molecular formula is C15H20N4. The van der Waals surface area contributed by atoms with Gasteiger partial charge in [-0.1, -0.05) is 12.1 Å². The van der Waals surface area contributed by atoms with Crippen LogP contribution in [0.25, 0.3) is 0 Å². The lowest BCUT2D eigenvalue weighted by Crippen LogP contribution is -2.43. The molecule has 0 fully saturated rings. The van der Waals surface area contributed by atoms with Crippen LogP contribution in [0.4, 0.5) is 11.4 Å². The predicted molar refractivity (Wildman–Crippen MR) is 78.7 cm³/mol. The fourth-order valence-corrected chi connectivity index (χ4v) is 2.68. The van der Waals surface area contributed by atoms with E-state index in [1.807, 2.05) is 12.4 Å². The van der Waals surface area contributed by atoms with Crippen molar-refractivity contribution in [2.75, 3.05) is 23.3 Å². The van der Waals surface area contributed by atoms with Crippen LogP contribution in [0.1, 0.15) is 12.7 Å². The third-order valence-corrected chi connectivity index (χ3v) is 3.84. The number of hydrogen-bond acceptors (Lipinski definition) is 3. The van der Waals surface area contributed by atoms with Crippen LogP contribution in [0.5, 0.6) is 0 Å². The van der Waals surface area contributed by atoms with Gasteiger partial charge in [-0.3, -0.25) is 0 Å². The summed E-state index contributed by atoms with van der Waals surface area (Å²) in [5, 5.41) is 3.49. The van der Waals surface area contributed by atoms with Crippen LogP contribution in [0, 0.1) is 6.92 Å². The van der Waals surface area contributed by atoms with Crippen LogP contribution in [-0.4, -0.2) is 28.7 Å². The first-order chi connectivity index (χ1) is 9.25. The topological polar surface area (TPSA) is 33.1 Å². The van der Waals surface area contributed by atoms with Crippen molar-refractivity contribution in [2.24, 2.45) is 0 Å². The molecular weight excluding hydrogens is 236 g/mol. The van der Waals surface area contributed by atoms with Crippen molar-refractivity contribution < 1.29 is 0 Å². The van der Waals surface area contributed by atoms with E-state index in [-0.39, 0.29) is 0 Å². The van der Waals surface area contributed by atoms with Gasteiger partial charge in [-0.05, 0) is 26.0 Å². The summed E-state index contributed by atoms with van der Waals surface area (Å²) in [7, 11) is 0. The fraction of sp³-hybridized carbons (Fsp3) is 0.400. The van der Waals surface area contributed by atoms with Crippen LogP contribution >= 0.6 is 0 Å². The minimum Gasteiger partial charge on any atom is -0.381 e. The number of nitrogens with zero attached hydrogens (tertiary/aromatic N) is 3. The second-order valence-corrected chi connectivity index (χ2v) is 5.11. The number of hydrogen-bond donors (Lipinski definition) is 1. The lowest BCUT2D eigenvalue weighted by atomic mass is 10.1. The first kappa shape index (κ1) is 12.1. The first-order valence-corrected chi connectivity index (χ1v) is 6.83. The highest BCUT2D eigenvalue weighted by atomic mass is 15.2. The Hall–Kier alpha value is -1.97. The zero-order valence-corrected chi connectivity index (χ0v) is 11.5. The maximum Gasteiger partial charge on any atom is 0.105 e. The van der Waals surface area contributed by atoms with Crippen LogP contribution < -0.4 is 10.2 Å². The van der Waals surface area contributed by atoms with Crippen molar-refractivity contribution >= 4 is 11.4 Å². The van der Waals surface area contributed by atoms with Crippen LogP contribution in [0.15, 0.2) is 36.7 Å². The van der Waals surface area contributed by atoms with E-state index in [1.165, 1.54) is 11.4 Å². The molecule has 1 aromatic carbocycles. The Bertz CT molecular complexity index is 561. The van der Waals surface area contributed by atoms with E-state index in [9.17, 15) is 0 Å². The third-order valence-electron chi connectivity index (χ3n) is 3.84. The van der Waals surface area contributed by atoms with Gasteiger partial charge in [0.05, 0.1) is 11.4 Å².